The lowest BCUT2D eigenvalue weighted by Gasteiger charge is -2.25. The van der Waals surface area contributed by atoms with Gasteiger partial charge in [0.05, 0.1) is 5.69 Å². The molecule has 0 bridgehead atoms. The quantitative estimate of drug-likeness (QED) is 0.882. The van der Waals surface area contributed by atoms with E-state index in [2.05, 4.69) is 15.4 Å². The molecule has 0 amide bonds. The molecule has 5 nitrogen and oxygen atoms in total. The Labute approximate surface area is 118 Å². The summed E-state index contributed by atoms with van der Waals surface area (Å²) in [5.41, 5.74) is 3.45. The number of pyridine rings is 1. The number of aryl methyl sites for hydroxylation is 2. The highest BCUT2D eigenvalue weighted by molar-refractivity contribution is 5.26. The monoisotopic (exact) mass is 272 g/mol. The number of hydrogen-bond donors (Lipinski definition) is 2. The van der Waals surface area contributed by atoms with Crippen LogP contribution in [0.25, 0.3) is 0 Å². The second-order valence-corrected chi connectivity index (χ2v) is 5.39. The van der Waals surface area contributed by atoms with Crippen molar-refractivity contribution >= 4 is 0 Å². The van der Waals surface area contributed by atoms with Crippen LogP contribution >= 0.6 is 0 Å². The Bertz CT molecular complexity index is 643. The number of rotatable bonds is 4. The van der Waals surface area contributed by atoms with Crippen LogP contribution < -0.4 is 10.9 Å². The Kier molecular flexibility index (Phi) is 3.69. The minimum absolute atomic E-state index is 0.00196. The Balaban J connectivity index is 1.63. The van der Waals surface area contributed by atoms with E-state index in [1.807, 2.05) is 30.1 Å². The van der Waals surface area contributed by atoms with Gasteiger partial charge in [-0.2, -0.15) is 5.10 Å². The van der Waals surface area contributed by atoms with E-state index in [0.29, 0.717) is 6.04 Å². The van der Waals surface area contributed by atoms with Crippen molar-refractivity contribution < 1.29 is 0 Å². The van der Waals surface area contributed by atoms with Crippen LogP contribution in [0.4, 0.5) is 0 Å². The lowest BCUT2D eigenvalue weighted by Crippen LogP contribution is -2.28. The standard InChI is InChI=1S/C15H20N4O/c1-19-10-8-11(18-19)7-9-16-13-3-2-4-14-12(13)5-6-15(20)17-14/h5-6,8,10,13,16H,2-4,7,9H2,1H3,(H,17,20). The topological polar surface area (TPSA) is 62.7 Å². The number of hydrogen-bond acceptors (Lipinski definition) is 3. The first-order valence-corrected chi connectivity index (χ1v) is 7.16. The van der Waals surface area contributed by atoms with E-state index in [1.165, 1.54) is 5.56 Å². The normalized spacial score (nSPS) is 17.9. The van der Waals surface area contributed by atoms with Gasteiger partial charge in [-0.1, -0.05) is 6.07 Å². The minimum atomic E-state index is -0.00196. The molecule has 0 saturated heterocycles. The van der Waals surface area contributed by atoms with Gasteiger partial charge in [0.1, 0.15) is 0 Å². The van der Waals surface area contributed by atoms with Crippen LogP contribution in [0, 0.1) is 0 Å². The number of H-pyrrole nitrogens is 1. The van der Waals surface area contributed by atoms with E-state index >= 15 is 0 Å². The summed E-state index contributed by atoms with van der Waals surface area (Å²) < 4.78 is 1.83. The zero-order valence-corrected chi connectivity index (χ0v) is 11.7. The predicted octanol–water partition coefficient (Wildman–Crippen LogP) is 1.32. The van der Waals surface area contributed by atoms with E-state index in [9.17, 15) is 4.79 Å². The molecule has 1 aliphatic rings. The SMILES string of the molecule is Cn1ccc(CCNC2CCCc3[nH]c(=O)ccc32)n1. The van der Waals surface area contributed by atoms with Crippen LogP contribution in [0.5, 0.6) is 0 Å². The summed E-state index contributed by atoms with van der Waals surface area (Å²) in [4.78, 5) is 14.3. The molecule has 2 heterocycles. The van der Waals surface area contributed by atoms with Crippen molar-refractivity contribution in [3.05, 3.63) is 51.7 Å². The van der Waals surface area contributed by atoms with Gasteiger partial charge in [0.25, 0.3) is 0 Å². The molecule has 20 heavy (non-hydrogen) atoms. The van der Waals surface area contributed by atoms with E-state index in [-0.39, 0.29) is 5.56 Å². The Morgan fingerprint density at radius 3 is 3.15 bits per heavy atom. The summed E-state index contributed by atoms with van der Waals surface area (Å²) in [6, 6.07) is 5.98. The second-order valence-electron chi connectivity index (χ2n) is 5.39. The fourth-order valence-corrected chi connectivity index (χ4v) is 2.88. The fraction of sp³-hybridized carbons (Fsp3) is 0.467. The minimum Gasteiger partial charge on any atom is -0.326 e. The molecule has 1 atom stereocenters. The van der Waals surface area contributed by atoms with Gasteiger partial charge in [0.2, 0.25) is 5.56 Å². The molecule has 1 aliphatic carbocycles. The van der Waals surface area contributed by atoms with Crippen LogP contribution in [0.15, 0.2) is 29.2 Å². The van der Waals surface area contributed by atoms with Crippen molar-refractivity contribution in [2.75, 3.05) is 6.54 Å². The average Bonchev–Trinajstić information content (AvgIpc) is 2.84. The molecule has 0 spiro atoms. The Morgan fingerprint density at radius 1 is 1.45 bits per heavy atom. The summed E-state index contributed by atoms with van der Waals surface area (Å²) in [5, 5.41) is 7.96. The van der Waals surface area contributed by atoms with Crippen LogP contribution in [-0.4, -0.2) is 21.3 Å². The maximum atomic E-state index is 11.4. The molecule has 106 valence electrons. The number of nitrogens with zero attached hydrogens (tertiary/aromatic N) is 2. The van der Waals surface area contributed by atoms with Gasteiger partial charge in [-0.05, 0) is 30.9 Å². The largest absolute Gasteiger partial charge is 0.326 e. The molecule has 5 heteroatoms. The van der Waals surface area contributed by atoms with Crippen molar-refractivity contribution in [1.29, 1.82) is 0 Å². The van der Waals surface area contributed by atoms with Crippen molar-refractivity contribution in [3.8, 4) is 0 Å². The summed E-state index contributed by atoms with van der Waals surface area (Å²) in [5.74, 6) is 0. The van der Waals surface area contributed by atoms with Crippen LogP contribution in [0.2, 0.25) is 0 Å². The van der Waals surface area contributed by atoms with Crippen LogP contribution in [0.1, 0.15) is 35.8 Å². The first-order valence-electron chi connectivity index (χ1n) is 7.16. The molecule has 0 saturated carbocycles. The van der Waals surface area contributed by atoms with Crippen LogP contribution in [-0.2, 0) is 19.9 Å². The van der Waals surface area contributed by atoms with Crippen molar-refractivity contribution in [2.24, 2.45) is 7.05 Å². The molecular weight excluding hydrogens is 252 g/mol. The Morgan fingerprint density at radius 2 is 2.35 bits per heavy atom. The lowest BCUT2D eigenvalue weighted by molar-refractivity contribution is 0.456. The first kappa shape index (κ1) is 13.1. The summed E-state index contributed by atoms with van der Waals surface area (Å²) in [6.45, 7) is 0.903. The van der Waals surface area contributed by atoms with Crippen molar-refractivity contribution in [1.82, 2.24) is 20.1 Å². The summed E-state index contributed by atoms with van der Waals surface area (Å²) in [7, 11) is 1.94. The molecule has 3 rings (SSSR count). The van der Waals surface area contributed by atoms with E-state index in [4.69, 9.17) is 0 Å². The maximum absolute atomic E-state index is 11.4. The zero-order chi connectivity index (χ0) is 13.9. The van der Waals surface area contributed by atoms with Gasteiger partial charge in [-0.25, -0.2) is 0 Å². The van der Waals surface area contributed by atoms with Gasteiger partial charge in [-0.3, -0.25) is 9.48 Å². The third kappa shape index (κ3) is 2.82. The number of fused-ring (bicyclic) bond motifs is 1. The molecule has 2 N–H and O–H groups in total. The molecule has 2 aromatic rings. The van der Waals surface area contributed by atoms with Gasteiger partial charge >= 0.3 is 0 Å². The van der Waals surface area contributed by atoms with Gasteiger partial charge < -0.3 is 10.3 Å². The molecule has 0 fully saturated rings. The van der Waals surface area contributed by atoms with Crippen molar-refractivity contribution in [3.63, 3.8) is 0 Å². The smallest absolute Gasteiger partial charge is 0.248 e. The lowest BCUT2D eigenvalue weighted by atomic mass is 9.91. The van der Waals surface area contributed by atoms with Crippen molar-refractivity contribution in [2.45, 2.75) is 31.7 Å². The third-order valence-electron chi connectivity index (χ3n) is 3.87. The predicted molar refractivity (Wildman–Crippen MR) is 77.7 cm³/mol. The van der Waals surface area contributed by atoms with E-state index < -0.39 is 0 Å². The highest BCUT2D eigenvalue weighted by Crippen LogP contribution is 2.27. The number of aromatic amines is 1. The number of aromatic nitrogens is 3. The average molecular weight is 272 g/mol. The van der Waals surface area contributed by atoms with Crippen LogP contribution in [0.3, 0.4) is 0 Å². The zero-order valence-electron chi connectivity index (χ0n) is 11.7. The third-order valence-corrected chi connectivity index (χ3v) is 3.87. The molecular formula is C15H20N4O. The molecule has 1 unspecified atom stereocenters. The molecule has 0 aliphatic heterocycles. The molecule has 0 aromatic carbocycles. The van der Waals surface area contributed by atoms with E-state index in [1.54, 1.807) is 6.07 Å². The maximum Gasteiger partial charge on any atom is 0.248 e. The highest BCUT2D eigenvalue weighted by Gasteiger charge is 2.20. The van der Waals surface area contributed by atoms with Gasteiger partial charge in [-0.15, -0.1) is 0 Å². The van der Waals surface area contributed by atoms with Gasteiger partial charge in [0, 0.05) is 44.0 Å². The highest BCUT2D eigenvalue weighted by atomic mass is 16.1. The van der Waals surface area contributed by atoms with Gasteiger partial charge in [0.15, 0.2) is 0 Å². The summed E-state index contributed by atoms with van der Waals surface area (Å²) >= 11 is 0. The van der Waals surface area contributed by atoms with E-state index in [0.717, 1.165) is 43.6 Å². The molecule has 2 aromatic heterocycles. The molecule has 0 radical (unpaired) electrons. The fourth-order valence-electron chi connectivity index (χ4n) is 2.88. The number of nitrogens with one attached hydrogen (secondary N) is 2. The second kappa shape index (κ2) is 5.63. The summed E-state index contributed by atoms with van der Waals surface area (Å²) in [6.07, 6.45) is 6.12. The first-order chi connectivity index (χ1) is 9.72. The Hall–Kier alpha value is -1.88.